The van der Waals surface area contributed by atoms with Crippen molar-refractivity contribution in [2.75, 3.05) is 0 Å². The van der Waals surface area contributed by atoms with Crippen molar-refractivity contribution in [3.8, 4) is 33.8 Å². The molecule has 0 atom stereocenters. The highest BCUT2D eigenvalue weighted by Crippen LogP contribution is 2.46. The standard InChI is InChI=1S/C20H14O2/c1-3-7-15-13(5-1)11-21-19-10-20-18(9-17(15)19)16-8-4-2-6-14(16)12-22-20/h1-10H,11-12H2. The molecule has 3 aromatic carbocycles. The number of hydrogen-bond donors (Lipinski definition) is 0. The van der Waals surface area contributed by atoms with Crippen molar-refractivity contribution in [3.63, 3.8) is 0 Å². The summed E-state index contributed by atoms with van der Waals surface area (Å²) >= 11 is 0. The molecule has 0 fully saturated rings. The van der Waals surface area contributed by atoms with E-state index in [2.05, 4.69) is 54.6 Å². The molecule has 106 valence electrons. The molecule has 2 heteroatoms. The number of hydrogen-bond acceptors (Lipinski definition) is 2. The third kappa shape index (κ3) is 1.61. The zero-order valence-corrected chi connectivity index (χ0v) is 12.0. The normalized spacial score (nSPS) is 13.8. The van der Waals surface area contributed by atoms with Gasteiger partial charge in [-0.05, 0) is 28.3 Å². The highest BCUT2D eigenvalue weighted by atomic mass is 16.5. The summed E-state index contributed by atoms with van der Waals surface area (Å²) in [6.45, 7) is 1.25. The van der Waals surface area contributed by atoms with E-state index >= 15 is 0 Å². The van der Waals surface area contributed by atoms with Crippen LogP contribution in [0.1, 0.15) is 11.1 Å². The summed E-state index contributed by atoms with van der Waals surface area (Å²) in [6.07, 6.45) is 0. The average Bonchev–Trinajstić information content (AvgIpc) is 2.60. The van der Waals surface area contributed by atoms with Crippen molar-refractivity contribution >= 4 is 0 Å². The van der Waals surface area contributed by atoms with Gasteiger partial charge in [-0.3, -0.25) is 0 Å². The van der Waals surface area contributed by atoms with Crippen LogP contribution in [-0.4, -0.2) is 0 Å². The minimum absolute atomic E-state index is 0.624. The van der Waals surface area contributed by atoms with Gasteiger partial charge in [0.1, 0.15) is 24.7 Å². The van der Waals surface area contributed by atoms with Crippen molar-refractivity contribution < 1.29 is 9.47 Å². The lowest BCUT2D eigenvalue weighted by Crippen LogP contribution is -2.09. The van der Waals surface area contributed by atoms with Crippen molar-refractivity contribution in [3.05, 3.63) is 71.8 Å². The zero-order valence-electron chi connectivity index (χ0n) is 12.0. The van der Waals surface area contributed by atoms with E-state index in [4.69, 9.17) is 9.47 Å². The fraction of sp³-hybridized carbons (Fsp3) is 0.100. The molecule has 2 aliphatic rings. The van der Waals surface area contributed by atoms with Gasteiger partial charge in [-0.2, -0.15) is 0 Å². The Kier molecular flexibility index (Phi) is 2.36. The lowest BCUT2D eigenvalue weighted by atomic mass is 9.90. The molecule has 0 amide bonds. The van der Waals surface area contributed by atoms with Crippen LogP contribution in [0.2, 0.25) is 0 Å². The Balaban J connectivity index is 1.78. The van der Waals surface area contributed by atoms with E-state index in [9.17, 15) is 0 Å². The molecule has 0 radical (unpaired) electrons. The van der Waals surface area contributed by atoms with Crippen molar-refractivity contribution in [2.24, 2.45) is 0 Å². The van der Waals surface area contributed by atoms with Crippen molar-refractivity contribution in [2.45, 2.75) is 13.2 Å². The first-order chi connectivity index (χ1) is 10.9. The Morgan fingerprint density at radius 1 is 0.545 bits per heavy atom. The summed E-state index contributed by atoms with van der Waals surface area (Å²) in [5.41, 5.74) is 7.30. The monoisotopic (exact) mass is 286 g/mol. The largest absolute Gasteiger partial charge is 0.488 e. The molecule has 0 bridgehead atoms. The molecule has 22 heavy (non-hydrogen) atoms. The van der Waals surface area contributed by atoms with Gasteiger partial charge in [0, 0.05) is 17.2 Å². The Morgan fingerprint density at radius 3 is 1.59 bits per heavy atom. The number of fused-ring (bicyclic) bond motifs is 6. The maximum Gasteiger partial charge on any atom is 0.131 e. The van der Waals surface area contributed by atoms with E-state index in [1.165, 1.54) is 22.3 Å². The fourth-order valence-electron chi connectivity index (χ4n) is 3.35. The SMILES string of the molecule is c1ccc2c(c1)COc1cc3c(cc1-2)-c1ccccc1CO3. The van der Waals surface area contributed by atoms with Gasteiger partial charge in [-0.15, -0.1) is 0 Å². The van der Waals surface area contributed by atoms with Gasteiger partial charge in [-0.1, -0.05) is 48.5 Å². The van der Waals surface area contributed by atoms with Crippen LogP contribution in [0.25, 0.3) is 22.3 Å². The quantitative estimate of drug-likeness (QED) is 0.590. The second-order valence-electron chi connectivity index (χ2n) is 5.74. The van der Waals surface area contributed by atoms with Crippen LogP contribution in [0.15, 0.2) is 60.7 Å². The summed E-state index contributed by atoms with van der Waals surface area (Å²) in [5, 5.41) is 0. The molecule has 0 spiro atoms. The number of rotatable bonds is 0. The first-order valence-electron chi connectivity index (χ1n) is 7.50. The van der Waals surface area contributed by atoms with Crippen molar-refractivity contribution in [1.29, 1.82) is 0 Å². The molecule has 2 aliphatic heterocycles. The minimum Gasteiger partial charge on any atom is -0.488 e. The zero-order chi connectivity index (χ0) is 14.5. The minimum atomic E-state index is 0.624. The first-order valence-corrected chi connectivity index (χ1v) is 7.50. The van der Waals surface area contributed by atoms with Crippen LogP contribution in [0.5, 0.6) is 11.5 Å². The van der Waals surface area contributed by atoms with Gasteiger partial charge in [0.05, 0.1) is 0 Å². The fourth-order valence-corrected chi connectivity index (χ4v) is 3.35. The van der Waals surface area contributed by atoms with Gasteiger partial charge >= 0.3 is 0 Å². The Labute approximate surface area is 128 Å². The summed E-state index contributed by atoms with van der Waals surface area (Å²) in [5.74, 6) is 1.83. The average molecular weight is 286 g/mol. The Morgan fingerprint density at radius 2 is 1.05 bits per heavy atom. The van der Waals surface area contributed by atoms with Gasteiger partial charge in [-0.25, -0.2) is 0 Å². The predicted octanol–water partition coefficient (Wildman–Crippen LogP) is 4.81. The maximum absolute atomic E-state index is 5.92. The molecular weight excluding hydrogens is 272 g/mol. The highest BCUT2D eigenvalue weighted by molar-refractivity contribution is 5.85. The molecule has 0 saturated carbocycles. The smallest absolute Gasteiger partial charge is 0.131 e. The van der Waals surface area contributed by atoms with Crippen LogP contribution in [0.3, 0.4) is 0 Å². The van der Waals surface area contributed by atoms with Gasteiger partial charge in [0.15, 0.2) is 0 Å². The van der Waals surface area contributed by atoms with E-state index in [1.54, 1.807) is 0 Å². The molecule has 0 saturated heterocycles. The first kappa shape index (κ1) is 11.9. The molecule has 0 N–H and O–H groups in total. The summed E-state index contributed by atoms with van der Waals surface area (Å²) in [4.78, 5) is 0. The lowest BCUT2D eigenvalue weighted by molar-refractivity contribution is 0.286. The molecule has 2 nitrogen and oxygen atoms in total. The summed E-state index contributed by atoms with van der Waals surface area (Å²) < 4.78 is 11.8. The Bertz CT molecular complexity index is 825. The molecule has 0 unspecified atom stereocenters. The maximum atomic E-state index is 5.92. The Hall–Kier alpha value is -2.74. The summed E-state index contributed by atoms with van der Waals surface area (Å²) in [7, 11) is 0. The van der Waals surface area contributed by atoms with E-state index in [-0.39, 0.29) is 0 Å². The van der Waals surface area contributed by atoms with Crippen molar-refractivity contribution in [1.82, 2.24) is 0 Å². The second-order valence-corrected chi connectivity index (χ2v) is 5.74. The van der Waals surface area contributed by atoms with Gasteiger partial charge < -0.3 is 9.47 Å². The van der Waals surface area contributed by atoms with E-state index < -0.39 is 0 Å². The van der Waals surface area contributed by atoms with Crippen LogP contribution < -0.4 is 9.47 Å². The number of benzene rings is 3. The van der Waals surface area contributed by atoms with Crippen LogP contribution in [0.4, 0.5) is 0 Å². The second kappa shape index (κ2) is 4.38. The number of ether oxygens (including phenoxy) is 2. The van der Waals surface area contributed by atoms with E-state index in [0.29, 0.717) is 13.2 Å². The van der Waals surface area contributed by atoms with Gasteiger partial charge in [0.2, 0.25) is 0 Å². The van der Waals surface area contributed by atoms with Crippen LogP contribution in [-0.2, 0) is 13.2 Å². The molecule has 0 aliphatic carbocycles. The molecule has 0 aromatic heterocycles. The lowest BCUT2D eigenvalue weighted by Gasteiger charge is -2.26. The molecular formula is C20H14O2. The van der Waals surface area contributed by atoms with Gasteiger partial charge in [0.25, 0.3) is 0 Å². The molecule has 2 heterocycles. The third-order valence-corrected chi connectivity index (χ3v) is 4.46. The highest BCUT2D eigenvalue weighted by Gasteiger charge is 2.23. The van der Waals surface area contributed by atoms with Crippen LogP contribution in [0, 0.1) is 0 Å². The predicted molar refractivity (Wildman–Crippen MR) is 86.0 cm³/mol. The van der Waals surface area contributed by atoms with E-state index in [1.807, 2.05) is 6.07 Å². The topological polar surface area (TPSA) is 18.5 Å². The molecule has 3 aromatic rings. The molecule has 5 rings (SSSR count). The summed E-state index contributed by atoms with van der Waals surface area (Å²) in [6, 6.07) is 21.1. The van der Waals surface area contributed by atoms with E-state index in [0.717, 1.165) is 22.6 Å². The third-order valence-electron chi connectivity index (χ3n) is 4.46. The van der Waals surface area contributed by atoms with Crippen LogP contribution >= 0.6 is 0 Å².